The summed E-state index contributed by atoms with van der Waals surface area (Å²) in [4.78, 5) is 24.2. The molecule has 1 atom stereocenters. The quantitative estimate of drug-likeness (QED) is 0.0462. The lowest BCUT2D eigenvalue weighted by Crippen LogP contribution is -2.28. The van der Waals surface area contributed by atoms with Crippen molar-refractivity contribution in [2.45, 2.75) is 174 Å². The Hall–Kier alpha value is -2.14. The molecule has 0 saturated heterocycles. The van der Waals surface area contributed by atoms with E-state index >= 15 is 0 Å². The maximum atomic E-state index is 12.1. The average molecular weight is 617 g/mol. The molecule has 5 heteroatoms. The van der Waals surface area contributed by atoms with Crippen LogP contribution in [0.3, 0.4) is 0 Å². The maximum Gasteiger partial charge on any atom is 0.306 e. The van der Waals surface area contributed by atoms with Gasteiger partial charge in [-0.1, -0.05) is 133 Å². The first kappa shape index (κ1) is 41.9. The molecule has 0 unspecified atom stereocenters. The summed E-state index contributed by atoms with van der Waals surface area (Å²) in [6.07, 6.45) is 43.0. The molecule has 0 aliphatic carbocycles. The fourth-order valence-corrected chi connectivity index (χ4v) is 4.86. The molecule has 254 valence electrons. The van der Waals surface area contributed by atoms with E-state index in [1.165, 1.54) is 64.2 Å². The summed E-state index contributed by atoms with van der Waals surface area (Å²) >= 11 is 0. The van der Waals surface area contributed by atoms with Crippen molar-refractivity contribution in [2.24, 2.45) is 0 Å². The van der Waals surface area contributed by atoms with E-state index in [1.807, 2.05) is 0 Å². The third kappa shape index (κ3) is 32.8. The lowest BCUT2D eigenvalue weighted by atomic mass is 10.1. The van der Waals surface area contributed by atoms with Crippen molar-refractivity contribution >= 4 is 11.9 Å². The molecule has 0 aromatic rings. The minimum absolute atomic E-state index is 0.0790. The van der Waals surface area contributed by atoms with Crippen LogP contribution < -0.4 is 0 Å². The van der Waals surface area contributed by atoms with Crippen LogP contribution in [-0.4, -0.2) is 36.4 Å². The van der Waals surface area contributed by atoms with Gasteiger partial charge in [-0.05, 0) is 70.6 Å². The van der Waals surface area contributed by atoms with Crippen molar-refractivity contribution < 1.29 is 24.2 Å². The molecule has 0 amide bonds. The van der Waals surface area contributed by atoms with Gasteiger partial charge in [0.05, 0.1) is 6.61 Å². The third-order valence-corrected chi connectivity index (χ3v) is 7.61. The topological polar surface area (TPSA) is 72.8 Å². The van der Waals surface area contributed by atoms with E-state index in [4.69, 9.17) is 9.47 Å². The Morgan fingerprint density at radius 3 is 1.50 bits per heavy atom. The summed E-state index contributed by atoms with van der Waals surface area (Å²) in [5.74, 6) is -0.623. The number of allylic oxidation sites excluding steroid dienone is 8. The summed E-state index contributed by atoms with van der Waals surface area (Å²) in [5, 5.41) is 9.52. The zero-order chi connectivity index (χ0) is 32.2. The molecule has 0 radical (unpaired) electrons. The summed E-state index contributed by atoms with van der Waals surface area (Å²) in [5.41, 5.74) is 0. The van der Waals surface area contributed by atoms with Gasteiger partial charge in [-0.15, -0.1) is 0 Å². The van der Waals surface area contributed by atoms with E-state index < -0.39 is 6.10 Å². The molecule has 0 bridgehead atoms. The van der Waals surface area contributed by atoms with Gasteiger partial charge < -0.3 is 14.6 Å². The Bertz CT molecular complexity index is 752. The highest BCUT2D eigenvalue weighted by Crippen LogP contribution is 2.12. The Balaban J connectivity index is 3.62. The number of ether oxygens (including phenoxy) is 2. The molecule has 44 heavy (non-hydrogen) atoms. The molecule has 0 fully saturated rings. The van der Waals surface area contributed by atoms with Crippen LogP contribution in [0, 0.1) is 0 Å². The molecule has 0 spiro atoms. The highest BCUT2D eigenvalue weighted by atomic mass is 16.6. The highest BCUT2D eigenvalue weighted by Gasteiger charge is 2.16. The van der Waals surface area contributed by atoms with Crippen molar-refractivity contribution in [3.63, 3.8) is 0 Å². The molecular weight excluding hydrogens is 548 g/mol. The standard InChI is InChI=1S/C39H68O5/c1-3-5-7-9-11-13-15-17-19-21-23-25-27-29-31-33-38(41)43-36-37(35-40)44-39(42)34-32-30-28-26-24-22-20-18-16-14-12-10-8-6-4-2/h5,7,11,13,17-20,37,40H,3-4,6,8-10,12,14-16,21-36H2,1-2H3/b7-5-,13-11-,19-17-,20-18-/t37-/m0/s1. The van der Waals surface area contributed by atoms with Crippen LogP contribution in [0.2, 0.25) is 0 Å². The number of aliphatic hydroxyl groups is 1. The van der Waals surface area contributed by atoms with Gasteiger partial charge in [0.15, 0.2) is 6.10 Å². The summed E-state index contributed by atoms with van der Waals surface area (Å²) in [6, 6.07) is 0. The maximum absolute atomic E-state index is 12.1. The fourth-order valence-electron chi connectivity index (χ4n) is 4.86. The summed E-state index contributed by atoms with van der Waals surface area (Å²) in [7, 11) is 0. The normalized spacial score (nSPS) is 12.7. The number of esters is 2. The first-order chi connectivity index (χ1) is 21.6. The number of carbonyl (C=O) groups excluding carboxylic acids is 2. The molecule has 5 nitrogen and oxygen atoms in total. The predicted molar refractivity (Wildman–Crippen MR) is 187 cm³/mol. The van der Waals surface area contributed by atoms with E-state index in [0.717, 1.165) is 77.0 Å². The largest absolute Gasteiger partial charge is 0.462 e. The van der Waals surface area contributed by atoms with Crippen LogP contribution >= 0.6 is 0 Å². The highest BCUT2D eigenvalue weighted by molar-refractivity contribution is 5.70. The number of hydrogen-bond acceptors (Lipinski definition) is 5. The van der Waals surface area contributed by atoms with Crippen molar-refractivity contribution in [1.29, 1.82) is 0 Å². The molecule has 0 rings (SSSR count). The Kier molecular flexibility index (Phi) is 33.6. The van der Waals surface area contributed by atoms with Gasteiger partial charge in [0.2, 0.25) is 0 Å². The smallest absolute Gasteiger partial charge is 0.306 e. The van der Waals surface area contributed by atoms with Crippen LogP contribution in [0.25, 0.3) is 0 Å². The second kappa shape index (κ2) is 35.3. The second-order valence-corrected chi connectivity index (χ2v) is 11.9. The molecule has 0 aliphatic heterocycles. The van der Waals surface area contributed by atoms with Crippen molar-refractivity contribution in [2.75, 3.05) is 13.2 Å². The van der Waals surface area contributed by atoms with Crippen LogP contribution in [0.15, 0.2) is 48.6 Å². The average Bonchev–Trinajstić information content (AvgIpc) is 3.02. The number of carbonyl (C=O) groups is 2. The first-order valence-corrected chi connectivity index (χ1v) is 18.2. The van der Waals surface area contributed by atoms with Crippen molar-refractivity contribution in [1.82, 2.24) is 0 Å². The van der Waals surface area contributed by atoms with Gasteiger partial charge in [-0.25, -0.2) is 0 Å². The van der Waals surface area contributed by atoms with Crippen molar-refractivity contribution in [3.8, 4) is 0 Å². The van der Waals surface area contributed by atoms with E-state index in [-0.39, 0.29) is 25.2 Å². The second-order valence-electron chi connectivity index (χ2n) is 11.9. The number of rotatable bonds is 32. The molecule has 0 aromatic heterocycles. The monoisotopic (exact) mass is 617 g/mol. The Morgan fingerprint density at radius 1 is 0.545 bits per heavy atom. The molecule has 0 aliphatic rings. The Morgan fingerprint density at radius 2 is 0.977 bits per heavy atom. The van der Waals surface area contributed by atoms with Gasteiger partial charge in [-0.2, -0.15) is 0 Å². The minimum Gasteiger partial charge on any atom is -0.462 e. The van der Waals surface area contributed by atoms with E-state index in [9.17, 15) is 14.7 Å². The SMILES string of the molecule is CC/C=C\C/C=C\C/C=C\CCCCCCCC(=O)OC[C@H](CO)OC(=O)CCCCCCC/C=C\CCCCCCCC. The summed E-state index contributed by atoms with van der Waals surface area (Å²) < 4.78 is 10.6. The molecular formula is C39H68O5. The van der Waals surface area contributed by atoms with Crippen LogP contribution in [-0.2, 0) is 19.1 Å². The fraction of sp³-hybridized carbons (Fsp3) is 0.744. The van der Waals surface area contributed by atoms with Gasteiger partial charge >= 0.3 is 11.9 Å². The molecule has 0 heterocycles. The van der Waals surface area contributed by atoms with E-state index in [2.05, 4.69) is 62.5 Å². The van der Waals surface area contributed by atoms with Gasteiger partial charge in [0.1, 0.15) is 6.61 Å². The molecule has 0 saturated carbocycles. The number of unbranched alkanes of at least 4 members (excludes halogenated alkanes) is 16. The van der Waals surface area contributed by atoms with Crippen LogP contribution in [0.1, 0.15) is 168 Å². The zero-order valence-corrected chi connectivity index (χ0v) is 28.7. The Labute approximate surface area is 271 Å². The lowest BCUT2D eigenvalue weighted by Gasteiger charge is -2.15. The van der Waals surface area contributed by atoms with Crippen molar-refractivity contribution in [3.05, 3.63) is 48.6 Å². The minimum atomic E-state index is -0.781. The first-order valence-electron chi connectivity index (χ1n) is 18.2. The molecule has 0 aromatic carbocycles. The van der Waals surface area contributed by atoms with Gasteiger partial charge in [0.25, 0.3) is 0 Å². The number of hydrogen-bond donors (Lipinski definition) is 1. The van der Waals surface area contributed by atoms with Gasteiger partial charge in [-0.3, -0.25) is 9.59 Å². The van der Waals surface area contributed by atoms with Gasteiger partial charge in [0, 0.05) is 12.8 Å². The predicted octanol–water partition coefficient (Wildman–Crippen LogP) is 11.1. The molecule has 1 N–H and O–H groups in total. The van der Waals surface area contributed by atoms with Crippen LogP contribution in [0.5, 0.6) is 0 Å². The summed E-state index contributed by atoms with van der Waals surface area (Å²) in [6.45, 7) is 3.98. The zero-order valence-electron chi connectivity index (χ0n) is 28.7. The van der Waals surface area contributed by atoms with E-state index in [0.29, 0.717) is 12.8 Å². The van der Waals surface area contributed by atoms with Crippen LogP contribution in [0.4, 0.5) is 0 Å². The third-order valence-electron chi connectivity index (χ3n) is 7.61. The van der Waals surface area contributed by atoms with E-state index in [1.54, 1.807) is 0 Å². The number of aliphatic hydroxyl groups excluding tert-OH is 1. The lowest BCUT2D eigenvalue weighted by molar-refractivity contribution is -0.161.